The zero-order chi connectivity index (χ0) is 37.9. The minimum atomic E-state index is -0.702. The maximum absolute atomic E-state index is 14.7. The van der Waals surface area contributed by atoms with E-state index in [0.717, 1.165) is 60.9 Å². The van der Waals surface area contributed by atoms with Crippen LogP contribution in [0.1, 0.15) is 43.0 Å². The molecule has 1 unspecified atom stereocenters. The molecule has 9 nitrogen and oxygen atoms in total. The molecule has 9 heteroatoms. The Labute approximate surface area is 320 Å². The van der Waals surface area contributed by atoms with Crippen LogP contribution in [0, 0.1) is 0 Å². The second kappa shape index (κ2) is 18.6. The van der Waals surface area contributed by atoms with Gasteiger partial charge in [0.2, 0.25) is 17.7 Å². The Morgan fingerprint density at radius 3 is 1.87 bits per heavy atom. The molecule has 0 radical (unpaired) electrons. The number of carbonyl (C=O) groups is 3. The van der Waals surface area contributed by atoms with Crippen LogP contribution in [0.25, 0.3) is 6.08 Å². The van der Waals surface area contributed by atoms with E-state index in [1.54, 1.807) is 17.9 Å². The van der Waals surface area contributed by atoms with Crippen LogP contribution in [0.5, 0.6) is 5.75 Å². The number of carbonyl (C=O) groups excluding carboxylic acids is 3. The molecule has 2 saturated heterocycles. The largest absolute Gasteiger partial charge is 0.491 e. The van der Waals surface area contributed by atoms with Gasteiger partial charge in [0, 0.05) is 90.6 Å². The van der Waals surface area contributed by atoms with Gasteiger partial charge in [-0.25, -0.2) is 0 Å². The summed E-state index contributed by atoms with van der Waals surface area (Å²) in [4.78, 5) is 51.2. The number of rotatable bonds is 13. The van der Waals surface area contributed by atoms with E-state index in [2.05, 4.69) is 58.3 Å². The average Bonchev–Trinajstić information content (AvgIpc) is 3.20. The van der Waals surface area contributed by atoms with Crippen molar-refractivity contribution in [1.82, 2.24) is 19.6 Å². The molecule has 282 valence electrons. The first-order valence-corrected chi connectivity index (χ1v) is 19.2. The van der Waals surface area contributed by atoms with Gasteiger partial charge in [-0.1, -0.05) is 84.9 Å². The van der Waals surface area contributed by atoms with Crippen molar-refractivity contribution in [1.29, 1.82) is 0 Å². The van der Waals surface area contributed by atoms with E-state index in [1.807, 2.05) is 90.4 Å². The highest BCUT2D eigenvalue weighted by atomic mass is 16.5. The van der Waals surface area contributed by atoms with Gasteiger partial charge in [0.25, 0.3) is 0 Å². The second-order valence-electron chi connectivity index (χ2n) is 14.5. The molecular formula is C45H53N5O4. The van der Waals surface area contributed by atoms with E-state index in [9.17, 15) is 14.4 Å². The number of hydrogen-bond donors (Lipinski definition) is 0. The van der Waals surface area contributed by atoms with Gasteiger partial charge in [0.15, 0.2) is 0 Å². The predicted octanol–water partition coefficient (Wildman–Crippen LogP) is 6.14. The Hall–Kier alpha value is -5.41. The summed E-state index contributed by atoms with van der Waals surface area (Å²) in [6.45, 7) is 12.4. The molecule has 0 aromatic heterocycles. The maximum Gasteiger partial charge on any atom is 0.247 e. The zero-order valence-corrected chi connectivity index (χ0v) is 31.8. The Balaban J connectivity index is 1.24. The molecular weight excluding hydrogens is 675 g/mol. The van der Waals surface area contributed by atoms with Crippen LogP contribution in [-0.2, 0) is 33.9 Å². The SMILES string of the molecule is CC(=O)N1CCN(c2ccc(CN(C(=O)C=Cc3ccc(OC(C)C)cc3)C(Cc3ccccc3)C(=O)N3CCN(Cc4ccccc4)CC3)cc2)CC1. The monoisotopic (exact) mass is 727 g/mol. The van der Waals surface area contributed by atoms with Crippen LogP contribution in [0.2, 0.25) is 0 Å². The molecule has 3 amide bonds. The molecule has 0 N–H and O–H groups in total. The lowest BCUT2D eigenvalue weighted by molar-refractivity contribution is -0.145. The summed E-state index contributed by atoms with van der Waals surface area (Å²) in [5, 5.41) is 0. The first-order valence-electron chi connectivity index (χ1n) is 19.2. The molecule has 0 aliphatic carbocycles. The van der Waals surface area contributed by atoms with Crippen LogP contribution in [0.3, 0.4) is 0 Å². The van der Waals surface area contributed by atoms with E-state index in [1.165, 1.54) is 5.56 Å². The summed E-state index contributed by atoms with van der Waals surface area (Å²) in [7, 11) is 0. The molecule has 2 aliphatic heterocycles. The van der Waals surface area contributed by atoms with Crippen molar-refractivity contribution >= 4 is 29.5 Å². The van der Waals surface area contributed by atoms with Gasteiger partial charge in [0.05, 0.1) is 6.10 Å². The normalized spacial score (nSPS) is 15.7. The number of nitrogens with zero attached hydrogens (tertiary/aromatic N) is 5. The smallest absolute Gasteiger partial charge is 0.247 e. The minimum Gasteiger partial charge on any atom is -0.491 e. The highest BCUT2D eigenvalue weighted by molar-refractivity contribution is 5.96. The third-order valence-corrected chi connectivity index (χ3v) is 10.2. The van der Waals surface area contributed by atoms with Crippen molar-refractivity contribution in [3.63, 3.8) is 0 Å². The molecule has 2 heterocycles. The summed E-state index contributed by atoms with van der Waals surface area (Å²) in [5.74, 6) is 0.625. The molecule has 2 aliphatic rings. The molecule has 4 aromatic carbocycles. The number of benzene rings is 4. The number of ether oxygens (including phenoxy) is 1. The van der Waals surface area contributed by atoms with Gasteiger partial charge in [-0.2, -0.15) is 0 Å². The van der Waals surface area contributed by atoms with Crippen LogP contribution in [0.4, 0.5) is 5.69 Å². The fraction of sp³-hybridized carbons (Fsp3) is 0.356. The lowest BCUT2D eigenvalue weighted by Crippen LogP contribution is -2.56. The fourth-order valence-electron chi connectivity index (χ4n) is 7.17. The minimum absolute atomic E-state index is 0.0323. The van der Waals surface area contributed by atoms with Crippen LogP contribution < -0.4 is 9.64 Å². The summed E-state index contributed by atoms with van der Waals surface area (Å²) in [6.07, 6.45) is 3.87. The summed E-state index contributed by atoms with van der Waals surface area (Å²) < 4.78 is 5.81. The Morgan fingerprint density at radius 1 is 0.685 bits per heavy atom. The summed E-state index contributed by atoms with van der Waals surface area (Å²) >= 11 is 0. The van der Waals surface area contributed by atoms with E-state index in [0.29, 0.717) is 32.6 Å². The molecule has 4 aromatic rings. The quantitative estimate of drug-likeness (QED) is 0.154. The summed E-state index contributed by atoms with van der Waals surface area (Å²) in [5.41, 5.74) is 5.15. The standard InChI is InChI=1S/C45H53N5O4/c1-35(2)54-42-21-16-37(17-22-42)18-23-44(52)50(34-40-14-19-41(20-15-40)48-30-28-47(29-31-48)36(3)51)43(32-38-10-6-4-7-11-38)45(53)49-26-24-46(25-27-49)33-39-12-8-5-9-13-39/h4-23,35,43H,24-34H2,1-3H3. The molecule has 0 bridgehead atoms. The number of piperazine rings is 2. The molecule has 54 heavy (non-hydrogen) atoms. The number of hydrogen-bond acceptors (Lipinski definition) is 6. The van der Waals surface area contributed by atoms with E-state index < -0.39 is 6.04 Å². The molecule has 1 atom stereocenters. The first-order chi connectivity index (χ1) is 26.2. The summed E-state index contributed by atoms with van der Waals surface area (Å²) in [6, 6.07) is 35.6. The topological polar surface area (TPSA) is 76.6 Å². The van der Waals surface area contributed by atoms with Crippen LogP contribution >= 0.6 is 0 Å². The van der Waals surface area contributed by atoms with Gasteiger partial charge in [-0.3, -0.25) is 19.3 Å². The maximum atomic E-state index is 14.7. The second-order valence-corrected chi connectivity index (χ2v) is 14.5. The van der Waals surface area contributed by atoms with Gasteiger partial charge in [0.1, 0.15) is 11.8 Å². The molecule has 2 fully saturated rings. The molecule has 6 rings (SSSR count). The number of amides is 3. The van der Waals surface area contributed by atoms with Crippen molar-refractivity contribution in [2.24, 2.45) is 0 Å². The lowest BCUT2D eigenvalue weighted by atomic mass is 10.0. The Morgan fingerprint density at radius 2 is 1.28 bits per heavy atom. The fourth-order valence-corrected chi connectivity index (χ4v) is 7.17. The lowest BCUT2D eigenvalue weighted by Gasteiger charge is -2.39. The third-order valence-electron chi connectivity index (χ3n) is 10.2. The van der Waals surface area contributed by atoms with Crippen molar-refractivity contribution in [3.8, 4) is 5.75 Å². The Bertz CT molecular complexity index is 1830. The van der Waals surface area contributed by atoms with Crippen LogP contribution in [-0.4, -0.2) is 102 Å². The molecule has 0 saturated carbocycles. The van der Waals surface area contributed by atoms with E-state index in [-0.39, 0.29) is 30.4 Å². The van der Waals surface area contributed by atoms with Gasteiger partial charge in [-0.05, 0) is 66.4 Å². The number of anilines is 1. The third kappa shape index (κ3) is 10.6. The Kier molecular flexibility index (Phi) is 13.2. The van der Waals surface area contributed by atoms with Gasteiger partial charge >= 0.3 is 0 Å². The van der Waals surface area contributed by atoms with E-state index >= 15 is 0 Å². The van der Waals surface area contributed by atoms with Crippen molar-refractivity contribution in [3.05, 3.63) is 138 Å². The molecule has 0 spiro atoms. The average molecular weight is 728 g/mol. The zero-order valence-electron chi connectivity index (χ0n) is 31.8. The van der Waals surface area contributed by atoms with Crippen molar-refractivity contribution in [2.45, 2.75) is 52.4 Å². The van der Waals surface area contributed by atoms with E-state index in [4.69, 9.17) is 4.74 Å². The van der Waals surface area contributed by atoms with Crippen molar-refractivity contribution < 1.29 is 19.1 Å². The van der Waals surface area contributed by atoms with Crippen LogP contribution in [0.15, 0.2) is 115 Å². The van der Waals surface area contributed by atoms with Gasteiger partial charge in [-0.15, -0.1) is 0 Å². The first kappa shape index (κ1) is 38.3. The predicted molar refractivity (Wildman–Crippen MR) is 215 cm³/mol. The van der Waals surface area contributed by atoms with Crippen molar-refractivity contribution in [2.75, 3.05) is 57.3 Å². The van der Waals surface area contributed by atoms with Gasteiger partial charge < -0.3 is 24.3 Å². The highest BCUT2D eigenvalue weighted by Crippen LogP contribution is 2.23. The highest BCUT2D eigenvalue weighted by Gasteiger charge is 2.34.